The highest BCUT2D eigenvalue weighted by Gasteiger charge is 2.20. The van der Waals surface area contributed by atoms with Gasteiger partial charge in [-0.3, -0.25) is 4.79 Å². The van der Waals surface area contributed by atoms with Crippen molar-refractivity contribution in [2.24, 2.45) is 0 Å². The van der Waals surface area contributed by atoms with Gasteiger partial charge in [0.25, 0.3) is 0 Å². The van der Waals surface area contributed by atoms with Crippen LogP contribution in [0.25, 0.3) is 0 Å². The van der Waals surface area contributed by atoms with Crippen LogP contribution in [0.1, 0.15) is 67.9 Å². The van der Waals surface area contributed by atoms with E-state index in [1.54, 1.807) is 0 Å². The van der Waals surface area contributed by atoms with Gasteiger partial charge in [-0.25, -0.2) is 0 Å². The molecule has 21 heavy (non-hydrogen) atoms. The van der Waals surface area contributed by atoms with Crippen molar-refractivity contribution in [1.82, 2.24) is 0 Å². The average Bonchev–Trinajstić information content (AvgIpc) is 2.48. The summed E-state index contributed by atoms with van der Waals surface area (Å²) in [4.78, 5) is 10.9. The van der Waals surface area contributed by atoms with Crippen molar-refractivity contribution in [3.05, 3.63) is 34.3 Å². The van der Waals surface area contributed by atoms with Crippen molar-refractivity contribution < 1.29 is 4.79 Å². The Labute approximate surface area is 136 Å². The molecule has 112 valence electrons. The molecule has 0 N–H and O–H groups in total. The molecule has 0 saturated heterocycles. The van der Waals surface area contributed by atoms with Gasteiger partial charge in [-0.05, 0) is 54.0 Å². The van der Waals surface area contributed by atoms with Crippen LogP contribution in [0.5, 0.6) is 0 Å². The highest BCUT2D eigenvalue weighted by Crippen LogP contribution is 2.37. The molecule has 0 aromatic heterocycles. The summed E-state index contributed by atoms with van der Waals surface area (Å²) >= 11 is 11.8. The third kappa shape index (κ3) is 4.46. The van der Waals surface area contributed by atoms with E-state index in [4.69, 9.17) is 23.2 Å². The minimum Gasteiger partial charge on any atom is -0.281 e. The number of hydrogen-bond donors (Lipinski definition) is 0. The van der Waals surface area contributed by atoms with Crippen LogP contribution in [0.3, 0.4) is 0 Å². The third-order valence-corrected chi connectivity index (χ3v) is 4.77. The van der Waals surface area contributed by atoms with Gasteiger partial charge in [-0.1, -0.05) is 43.0 Å². The first-order valence-corrected chi connectivity index (χ1v) is 8.24. The van der Waals surface area contributed by atoms with Crippen LogP contribution in [-0.2, 0) is 4.79 Å². The highest BCUT2D eigenvalue weighted by molar-refractivity contribution is 6.63. The Morgan fingerprint density at radius 1 is 1.33 bits per heavy atom. The molecule has 2 rings (SSSR count). The van der Waals surface area contributed by atoms with E-state index in [9.17, 15) is 10.1 Å². The van der Waals surface area contributed by atoms with E-state index in [0.29, 0.717) is 12.3 Å². The number of rotatable bonds is 5. The second kappa shape index (κ2) is 7.82. The quantitative estimate of drug-likeness (QED) is 0.667. The van der Waals surface area contributed by atoms with Crippen molar-refractivity contribution in [2.45, 2.75) is 56.8 Å². The minimum atomic E-state index is -0.403. The third-order valence-electron chi connectivity index (χ3n) is 4.26. The zero-order valence-corrected chi connectivity index (χ0v) is 13.5. The van der Waals surface area contributed by atoms with Crippen molar-refractivity contribution >= 4 is 28.4 Å². The lowest BCUT2D eigenvalue weighted by Crippen LogP contribution is -2.06. The highest BCUT2D eigenvalue weighted by atomic mass is 35.5. The predicted octanol–water partition coefficient (Wildman–Crippen LogP) is 5.54. The van der Waals surface area contributed by atoms with Crippen molar-refractivity contribution in [2.75, 3.05) is 0 Å². The van der Waals surface area contributed by atoms with Crippen LogP contribution in [0.4, 0.5) is 0 Å². The molecule has 0 heterocycles. The molecule has 1 aliphatic rings. The molecule has 0 radical (unpaired) electrons. The average molecular weight is 324 g/mol. The maximum absolute atomic E-state index is 10.9. The van der Waals surface area contributed by atoms with E-state index in [2.05, 4.69) is 12.1 Å². The fraction of sp³-hybridized carbons (Fsp3) is 0.529. The first-order valence-electron chi connectivity index (χ1n) is 7.49. The number of benzene rings is 1. The topological polar surface area (TPSA) is 40.9 Å². The maximum atomic E-state index is 10.9. The van der Waals surface area contributed by atoms with Gasteiger partial charge < -0.3 is 0 Å². The van der Waals surface area contributed by atoms with Gasteiger partial charge in [0.15, 0.2) is 0 Å². The van der Waals surface area contributed by atoms with Crippen LogP contribution in [-0.4, -0.2) is 5.24 Å². The summed E-state index contributed by atoms with van der Waals surface area (Å²) < 4.78 is 0. The Kier molecular flexibility index (Phi) is 6.08. The Balaban J connectivity index is 2.13. The number of nitrogens with zero attached hydrogens (tertiary/aromatic N) is 1. The molecule has 0 aliphatic heterocycles. The van der Waals surface area contributed by atoms with E-state index < -0.39 is 5.24 Å². The minimum absolute atomic E-state index is 0.210. The fourth-order valence-corrected chi connectivity index (χ4v) is 3.52. The van der Waals surface area contributed by atoms with Gasteiger partial charge in [0.1, 0.15) is 0 Å². The maximum Gasteiger partial charge on any atom is 0.221 e. The molecule has 2 nitrogen and oxygen atoms in total. The smallest absolute Gasteiger partial charge is 0.221 e. The van der Waals surface area contributed by atoms with Crippen LogP contribution >= 0.6 is 23.2 Å². The Bertz CT molecular complexity index is 544. The van der Waals surface area contributed by atoms with Gasteiger partial charge in [-0.15, -0.1) is 0 Å². The van der Waals surface area contributed by atoms with Crippen LogP contribution < -0.4 is 0 Å². The van der Waals surface area contributed by atoms with E-state index in [1.165, 1.54) is 37.7 Å². The molecule has 0 spiro atoms. The molecular formula is C17H19Cl2NO. The molecule has 0 bridgehead atoms. The number of carbonyl (C=O) groups is 1. The van der Waals surface area contributed by atoms with Crippen LogP contribution in [0.15, 0.2) is 18.2 Å². The summed E-state index contributed by atoms with van der Waals surface area (Å²) in [5.74, 6) is 0.218. The first-order chi connectivity index (χ1) is 10.1. The van der Waals surface area contributed by atoms with Crippen LogP contribution in [0, 0.1) is 11.3 Å². The van der Waals surface area contributed by atoms with E-state index >= 15 is 0 Å². The first kappa shape index (κ1) is 16.3. The molecule has 1 saturated carbocycles. The zero-order valence-electron chi connectivity index (χ0n) is 11.9. The summed E-state index contributed by atoms with van der Waals surface area (Å²) in [5, 5.41) is 9.60. The lowest BCUT2D eigenvalue weighted by molar-refractivity contribution is -0.111. The molecule has 4 heteroatoms. The van der Waals surface area contributed by atoms with Crippen molar-refractivity contribution in [1.29, 1.82) is 5.26 Å². The monoisotopic (exact) mass is 323 g/mol. The second-order valence-electron chi connectivity index (χ2n) is 5.69. The molecule has 0 amide bonds. The van der Waals surface area contributed by atoms with E-state index in [0.717, 1.165) is 10.6 Å². The van der Waals surface area contributed by atoms with Crippen molar-refractivity contribution in [3.8, 4) is 6.07 Å². The molecular weight excluding hydrogens is 305 g/mol. The van der Waals surface area contributed by atoms with Gasteiger partial charge in [-0.2, -0.15) is 5.26 Å². The number of nitriles is 1. The fourth-order valence-electron chi connectivity index (χ4n) is 3.07. The standard InChI is InChI=1S/C17H19Cl2NO/c18-16-10-13(14(11-20)7-9-17(19)21)6-8-15(16)12-4-2-1-3-5-12/h6,8,10,12,14H,1-5,7,9H2. The molecule has 1 fully saturated rings. The predicted molar refractivity (Wildman–Crippen MR) is 85.7 cm³/mol. The van der Waals surface area contributed by atoms with E-state index in [-0.39, 0.29) is 12.3 Å². The summed E-state index contributed by atoms with van der Waals surface area (Å²) in [6, 6.07) is 8.15. The lowest BCUT2D eigenvalue weighted by Gasteiger charge is -2.23. The van der Waals surface area contributed by atoms with Gasteiger partial charge in [0.05, 0.1) is 12.0 Å². The van der Waals surface area contributed by atoms with Crippen molar-refractivity contribution in [3.63, 3.8) is 0 Å². The molecule has 1 atom stereocenters. The lowest BCUT2D eigenvalue weighted by atomic mass is 9.83. The van der Waals surface area contributed by atoms with Crippen LogP contribution in [0.2, 0.25) is 5.02 Å². The SMILES string of the molecule is N#CC(CCC(=O)Cl)c1ccc(C2CCCCC2)c(Cl)c1. The number of hydrogen-bond acceptors (Lipinski definition) is 2. The zero-order chi connectivity index (χ0) is 15.2. The Morgan fingerprint density at radius 3 is 2.62 bits per heavy atom. The summed E-state index contributed by atoms with van der Waals surface area (Å²) in [6.07, 6.45) is 6.89. The normalized spacial score (nSPS) is 17.2. The molecule has 1 aromatic carbocycles. The summed E-state index contributed by atoms with van der Waals surface area (Å²) in [7, 11) is 0. The number of halogens is 2. The Morgan fingerprint density at radius 2 is 2.05 bits per heavy atom. The van der Waals surface area contributed by atoms with E-state index in [1.807, 2.05) is 12.1 Å². The Hall–Kier alpha value is -1.04. The summed E-state index contributed by atoms with van der Waals surface area (Å²) in [5.41, 5.74) is 2.07. The van der Waals surface area contributed by atoms with Gasteiger partial charge in [0.2, 0.25) is 5.24 Å². The largest absolute Gasteiger partial charge is 0.281 e. The summed E-state index contributed by atoms with van der Waals surface area (Å²) in [6.45, 7) is 0. The molecule has 1 aliphatic carbocycles. The number of carbonyl (C=O) groups excluding carboxylic acids is 1. The van der Waals surface area contributed by atoms with Gasteiger partial charge in [0, 0.05) is 11.4 Å². The van der Waals surface area contributed by atoms with Gasteiger partial charge >= 0.3 is 0 Å². The molecule has 1 aromatic rings. The second-order valence-corrected chi connectivity index (χ2v) is 6.52. The molecule has 1 unspecified atom stereocenters.